The Morgan fingerprint density at radius 2 is 1.72 bits per heavy atom. The van der Waals surface area contributed by atoms with Gasteiger partial charge in [0, 0.05) is 37.7 Å². The molecule has 0 spiro atoms. The Balaban J connectivity index is 1.28. The summed E-state index contributed by atoms with van der Waals surface area (Å²) in [4.78, 5) is 30.9. The molecule has 4 aromatic rings. The predicted octanol–water partition coefficient (Wildman–Crippen LogP) is 4.24. The summed E-state index contributed by atoms with van der Waals surface area (Å²) >= 11 is 0. The number of hydrogen-bond donors (Lipinski definition) is 0. The van der Waals surface area contributed by atoms with Crippen molar-refractivity contribution in [3.63, 3.8) is 0 Å². The normalized spacial score (nSPS) is 17.3. The van der Waals surface area contributed by atoms with Crippen LogP contribution >= 0.6 is 0 Å². The van der Waals surface area contributed by atoms with Crippen LogP contribution in [0.5, 0.6) is 0 Å². The third-order valence-corrected chi connectivity index (χ3v) is 7.11. The van der Waals surface area contributed by atoms with Crippen LogP contribution < -0.4 is 4.90 Å². The summed E-state index contributed by atoms with van der Waals surface area (Å²) in [5.41, 5.74) is 3.27. The smallest absolute Gasteiger partial charge is 0.259 e. The van der Waals surface area contributed by atoms with Gasteiger partial charge in [0.1, 0.15) is 11.4 Å². The van der Waals surface area contributed by atoms with E-state index < -0.39 is 0 Å². The van der Waals surface area contributed by atoms with Crippen LogP contribution in [0.1, 0.15) is 28.8 Å². The first-order chi connectivity index (χ1) is 17.6. The van der Waals surface area contributed by atoms with Crippen LogP contribution in [0.25, 0.3) is 11.5 Å². The molecule has 0 N–H and O–H groups in total. The van der Waals surface area contributed by atoms with Crippen molar-refractivity contribution < 1.29 is 14.0 Å². The Bertz CT molecular complexity index is 1410. The quantitative estimate of drug-likeness (QED) is 0.436. The fourth-order valence-corrected chi connectivity index (χ4v) is 5.31. The molecule has 7 nitrogen and oxygen atoms in total. The van der Waals surface area contributed by atoms with Crippen LogP contribution in [0.3, 0.4) is 0 Å². The highest BCUT2D eigenvalue weighted by atomic mass is 19.1. The van der Waals surface area contributed by atoms with Gasteiger partial charge in [0.15, 0.2) is 5.82 Å². The number of anilines is 1. The fourth-order valence-electron chi connectivity index (χ4n) is 5.31. The molecule has 0 radical (unpaired) electrons. The Morgan fingerprint density at radius 3 is 2.53 bits per heavy atom. The van der Waals surface area contributed by atoms with Gasteiger partial charge in [-0.15, -0.1) is 0 Å². The number of amides is 2. The summed E-state index contributed by atoms with van der Waals surface area (Å²) in [5, 5.41) is 4.48. The summed E-state index contributed by atoms with van der Waals surface area (Å²) in [7, 11) is 0. The van der Waals surface area contributed by atoms with E-state index in [9.17, 15) is 14.0 Å². The van der Waals surface area contributed by atoms with Crippen molar-refractivity contribution in [1.82, 2.24) is 19.2 Å². The first-order valence-corrected chi connectivity index (χ1v) is 12.3. The molecule has 4 heterocycles. The average molecular weight is 484 g/mol. The highest BCUT2D eigenvalue weighted by Crippen LogP contribution is 2.31. The Morgan fingerprint density at radius 1 is 0.944 bits per heavy atom. The number of carbonyl (C=O) groups is 2. The zero-order valence-corrected chi connectivity index (χ0v) is 19.8. The standard InChI is InChI=1S/C28H26FN5O2/c29-22-9-11-23(12-10-22)34-26(31-14-3-4-15-31)24(18-30-34)28(36)32-16-5-7-21(19-32)27(35)33-17-13-20-6-1-2-8-25(20)33/h1-4,6,8-12,14-15,18,21H,5,7,13,16-17,19H2/t21-/m0/s1. The molecule has 1 fully saturated rings. The van der Waals surface area contributed by atoms with Gasteiger partial charge in [0.25, 0.3) is 5.91 Å². The minimum atomic E-state index is -0.339. The number of rotatable bonds is 4. The first-order valence-electron chi connectivity index (χ1n) is 12.3. The maximum Gasteiger partial charge on any atom is 0.259 e. The lowest BCUT2D eigenvalue weighted by Gasteiger charge is -2.34. The molecule has 0 bridgehead atoms. The topological polar surface area (TPSA) is 63.4 Å². The number of hydrogen-bond acceptors (Lipinski definition) is 3. The number of piperidine rings is 1. The summed E-state index contributed by atoms with van der Waals surface area (Å²) in [5.74, 6) is -0.0691. The van der Waals surface area contributed by atoms with E-state index in [0.29, 0.717) is 36.7 Å². The van der Waals surface area contributed by atoms with Gasteiger partial charge in [-0.25, -0.2) is 9.07 Å². The summed E-state index contributed by atoms with van der Waals surface area (Å²) in [6, 6.07) is 17.8. The van der Waals surface area contributed by atoms with E-state index in [1.807, 2.05) is 52.2 Å². The molecule has 1 atom stereocenters. The predicted molar refractivity (Wildman–Crippen MR) is 134 cm³/mol. The summed E-state index contributed by atoms with van der Waals surface area (Å²) in [6.07, 6.45) is 7.65. The van der Waals surface area contributed by atoms with Crippen LogP contribution in [-0.2, 0) is 11.2 Å². The summed E-state index contributed by atoms with van der Waals surface area (Å²) < 4.78 is 17.0. The Kier molecular flexibility index (Phi) is 5.64. The highest BCUT2D eigenvalue weighted by Gasteiger charge is 2.35. The average Bonchev–Trinajstić information content (AvgIpc) is 3.68. The third kappa shape index (κ3) is 3.88. The van der Waals surface area contributed by atoms with Gasteiger partial charge >= 0.3 is 0 Å². The van der Waals surface area contributed by atoms with Gasteiger partial charge in [-0.05, 0) is 67.3 Å². The molecule has 36 heavy (non-hydrogen) atoms. The highest BCUT2D eigenvalue weighted by molar-refractivity contribution is 5.99. The minimum Gasteiger partial charge on any atom is -0.338 e. The van der Waals surface area contributed by atoms with Gasteiger partial charge in [-0.3, -0.25) is 9.59 Å². The fraction of sp³-hybridized carbons (Fsp3) is 0.250. The van der Waals surface area contributed by atoms with E-state index >= 15 is 0 Å². The van der Waals surface area contributed by atoms with Gasteiger partial charge < -0.3 is 14.4 Å². The monoisotopic (exact) mass is 483 g/mol. The second-order valence-corrected chi connectivity index (χ2v) is 9.32. The molecule has 2 aromatic heterocycles. The first kappa shape index (κ1) is 22.3. The van der Waals surface area contributed by atoms with Crippen LogP contribution in [0.2, 0.25) is 0 Å². The molecule has 2 amide bonds. The second kappa shape index (κ2) is 9.11. The van der Waals surface area contributed by atoms with E-state index in [1.54, 1.807) is 27.9 Å². The van der Waals surface area contributed by atoms with Gasteiger partial charge in [0.2, 0.25) is 5.91 Å². The van der Waals surface area contributed by atoms with E-state index in [1.165, 1.54) is 17.7 Å². The zero-order valence-electron chi connectivity index (χ0n) is 19.8. The second-order valence-electron chi connectivity index (χ2n) is 9.32. The molecule has 2 aliphatic heterocycles. The molecule has 182 valence electrons. The van der Waals surface area contributed by atoms with Crippen molar-refractivity contribution in [3.05, 3.63) is 96.2 Å². The number of nitrogens with zero attached hydrogens (tertiary/aromatic N) is 5. The molecular weight excluding hydrogens is 457 g/mol. The number of halogens is 1. The molecule has 2 aromatic carbocycles. The molecule has 0 aliphatic carbocycles. The van der Waals surface area contributed by atoms with Crippen molar-refractivity contribution in [2.24, 2.45) is 5.92 Å². The molecule has 8 heteroatoms. The van der Waals surface area contributed by atoms with Crippen LogP contribution in [0.4, 0.5) is 10.1 Å². The SMILES string of the molecule is O=C(c1cnn(-c2ccc(F)cc2)c1-n1cccc1)N1CCC[C@H](C(=O)N2CCc3ccccc32)C1. The van der Waals surface area contributed by atoms with Gasteiger partial charge in [-0.1, -0.05) is 18.2 Å². The number of benzene rings is 2. The van der Waals surface area contributed by atoms with E-state index in [2.05, 4.69) is 11.2 Å². The van der Waals surface area contributed by atoms with E-state index in [0.717, 1.165) is 24.9 Å². The van der Waals surface area contributed by atoms with Crippen LogP contribution in [0.15, 0.2) is 79.3 Å². The zero-order chi connectivity index (χ0) is 24.6. The molecule has 1 saturated heterocycles. The molecule has 0 unspecified atom stereocenters. The van der Waals surface area contributed by atoms with E-state index in [-0.39, 0.29) is 23.5 Å². The lowest BCUT2D eigenvalue weighted by atomic mass is 9.96. The van der Waals surface area contributed by atoms with Crippen molar-refractivity contribution >= 4 is 17.5 Å². The lowest BCUT2D eigenvalue weighted by Crippen LogP contribution is -2.46. The van der Waals surface area contributed by atoms with Gasteiger partial charge in [-0.2, -0.15) is 5.10 Å². The van der Waals surface area contributed by atoms with E-state index in [4.69, 9.17) is 0 Å². The number of carbonyl (C=O) groups excluding carboxylic acids is 2. The van der Waals surface area contributed by atoms with Crippen LogP contribution in [-0.4, -0.2) is 50.7 Å². The minimum absolute atomic E-state index is 0.0880. The lowest BCUT2D eigenvalue weighted by molar-refractivity contribution is -0.123. The van der Waals surface area contributed by atoms with Crippen molar-refractivity contribution in [2.45, 2.75) is 19.3 Å². The third-order valence-electron chi connectivity index (χ3n) is 7.11. The maximum absolute atomic E-state index is 13.8. The summed E-state index contributed by atoms with van der Waals surface area (Å²) in [6.45, 7) is 1.65. The Labute approximate surface area is 208 Å². The molecular formula is C28H26FN5O2. The van der Waals surface area contributed by atoms with Crippen molar-refractivity contribution in [3.8, 4) is 11.5 Å². The van der Waals surface area contributed by atoms with Crippen molar-refractivity contribution in [1.29, 1.82) is 0 Å². The number of likely N-dealkylation sites (tertiary alicyclic amines) is 1. The van der Waals surface area contributed by atoms with Gasteiger partial charge in [0.05, 0.1) is 17.8 Å². The number of fused-ring (bicyclic) bond motifs is 1. The number of aromatic nitrogens is 3. The molecule has 2 aliphatic rings. The van der Waals surface area contributed by atoms with Crippen molar-refractivity contribution in [2.75, 3.05) is 24.5 Å². The van der Waals surface area contributed by atoms with Crippen LogP contribution in [0, 0.1) is 11.7 Å². The largest absolute Gasteiger partial charge is 0.338 e. The molecule has 6 rings (SSSR count). The number of para-hydroxylation sites is 1. The molecule has 0 saturated carbocycles. The maximum atomic E-state index is 13.8. The Hall–Kier alpha value is -4.20.